The molecule has 1 amide bonds. The van der Waals surface area contributed by atoms with Gasteiger partial charge < -0.3 is 19.5 Å². The van der Waals surface area contributed by atoms with Crippen LogP contribution in [0.3, 0.4) is 0 Å². The summed E-state index contributed by atoms with van der Waals surface area (Å²) in [6.07, 6.45) is 2.94. The fraction of sp³-hybridized carbons (Fsp3) is 0.579. The van der Waals surface area contributed by atoms with Gasteiger partial charge in [-0.3, -0.25) is 9.59 Å². The molecule has 1 saturated carbocycles. The van der Waals surface area contributed by atoms with Crippen molar-refractivity contribution in [2.24, 2.45) is 17.8 Å². The van der Waals surface area contributed by atoms with Gasteiger partial charge in [-0.05, 0) is 43.2 Å². The molecule has 1 aliphatic carbocycles. The molecule has 0 aromatic heterocycles. The number of rotatable bonds is 7. The van der Waals surface area contributed by atoms with Crippen molar-refractivity contribution in [3.63, 3.8) is 0 Å². The SMILES string of the molecule is CCCOc1c(Cl)cc(C(=O)N2C[C@H](C(=O)O)[C@@H](C3CC3)C2)cc1OC. The molecule has 2 fully saturated rings. The van der Waals surface area contributed by atoms with Gasteiger partial charge in [-0.1, -0.05) is 18.5 Å². The van der Waals surface area contributed by atoms with Gasteiger partial charge in [0.1, 0.15) is 0 Å². The number of hydrogen-bond donors (Lipinski definition) is 1. The lowest BCUT2D eigenvalue weighted by molar-refractivity contribution is -0.142. The number of ether oxygens (including phenoxy) is 2. The van der Waals surface area contributed by atoms with Crippen LogP contribution in [0.4, 0.5) is 0 Å². The molecule has 1 saturated heterocycles. The Bertz CT molecular complexity index is 703. The monoisotopic (exact) mass is 381 g/mol. The summed E-state index contributed by atoms with van der Waals surface area (Å²) in [6.45, 7) is 3.21. The van der Waals surface area contributed by atoms with Gasteiger partial charge in [-0.15, -0.1) is 0 Å². The molecule has 0 spiro atoms. The van der Waals surface area contributed by atoms with E-state index in [9.17, 15) is 14.7 Å². The molecular weight excluding hydrogens is 358 g/mol. The number of halogens is 1. The molecule has 0 unspecified atom stereocenters. The van der Waals surface area contributed by atoms with Crippen LogP contribution < -0.4 is 9.47 Å². The van der Waals surface area contributed by atoms with E-state index in [2.05, 4.69) is 0 Å². The minimum atomic E-state index is -0.823. The van der Waals surface area contributed by atoms with Gasteiger partial charge in [0.05, 0.1) is 24.7 Å². The van der Waals surface area contributed by atoms with E-state index in [-0.39, 0.29) is 18.4 Å². The second kappa shape index (κ2) is 7.74. The van der Waals surface area contributed by atoms with Crippen molar-refractivity contribution < 1.29 is 24.2 Å². The molecule has 0 bridgehead atoms. The number of carbonyl (C=O) groups is 2. The highest BCUT2D eigenvalue weighted by Crippen LogP contribution is 2.44. The lowest BCUT2D eigenvalue weighted by Gasteiger charge is -2.18. The third-order valence-corrected chi connectivity index (χ3v) is 5.40. The molecule has 6 nitrogen and oxygen atoms in total. The zero-order valence-electron chi connectivity index (χ0n) is 15.0. The lowest BCUT2D eigenvalue weighted by atomic mass is 9.92. The van der Waals surface area contributed by atoms with Gasteiger partial charge in [-0.2, -0.15) is 0 Å². The summed E-state index contributed by atoms with van der Waals surface area (Å²) in [5.74, 6) is -0.234. The molecule has 142 valence electrons. The molecule has 3 rings (SSSR count). The molecule has 1 aromatic rings. The predicted molar refractivity (Wildman–Crippen MR) is 97.0 cm³/mol. The Hall–Kier alpha value is -1.95. The number of nitrogens with zero attached hydrogens (tertiary/aromatic N) is 1. The van der Waals surface area contributed by atoms with Crippen LogP contribution in [0.1, 0.15) is 36.5 Å². The van der Waals surface area contributed by atoms with E-state index in [0.29, 0.717) is 41.2 Å². The third-order valence-electron chi connectivity index (χ3n) is 5.12. The third kappa shape index (κ3) is 3.75. The second-order valence-corrected chi connectivity index (χ2v) is 7.40. The fourth-order valence-corrected chi connectivity index (χ4v) is 3.89. The van der Waals surface area contributed by atoms with Crippen molar-refractivity contribution in [3.05, 3.63) is 22.7 Å². The first-order chi connectivity index (χ1) is 12.5. The Labute approximate surface area is 158 Å². The maximum Gasteiger partial charge on any atom is 0.308 e. The second-order valence-electron chi connectivity index (χ2n) is 6.99. The quantitative estimate of drug-likeness (QED) is 0.784. The average Bonchev–Trinajstić information content (AvgIpc) is 3.37. The summed E-state index contributed by atoms with van der Waals surface area (Å²) in [7, 11) is 1.50. The van der Waals surface area contributed by atoms with Crippen LogP contribution in [-0.4, -0.2) is 48.7 Å². The number of amides is 1. The van der Waals surface area contributed by atoms with E-state index < -0.39 is 11.9 Å². The van der Waals surface area contributed by atoms with E-state index in [0.717, 1.165) is 19.3 Å². The smallest absolute Gasteiger partial charge is 0.308 e. The number of methoxy groups -OCH3 is 1. The summed E-state index contributed by atoms with van der Waals surface area (Å²) in [4.78, 5) is 26.1. The minimum absolute atomic E-state index is 0.0426. The molecular formula is C19H24ClNO5. The molecule has 1 heterocycles. The van der Waals surface area contributed by atoms with Crippen LogP contribution in [0, 0.1) is 17.8 Å². The Morgan fingerprint density at radius 3 is 2.62 bits per heavy atom. The van der Waals surface area contributed by atoms with E-state index in [1.54, 1.807) is 17.0 Å². The molecule has 1 N–H and O–H groups in total. The predicted octanol–water partition coefficient (Wildman–Crippen LogP) is 3.32. The first-order valence-corrected chi connectivity index (χ1v) is 9.36. The molecule has 26 heavy (non-hydrogen) atoms. The molecule has 0 radical (unpaired) electrons. The zero-order valence-corrected chi connectivity index (χ0v) is 15.8. The number of carboxylic acid groups (broad SMARTS) is 1. The number of carbonyl (C=O) groups excluding carboxylic acids is 1. The minimum Gasteiger partial charge on any atom is -0.493 e. The van der Waals surface area contributed by atoms with E-state index in [4.69, 9.17) is 21.1 Å². The van der Waals surface area contributed by atoms with Crippen LogP contribution in [0.25, 0.3) is 0 Å². The lowest BCUT2D eigenvalue weighted by Crippen LogP contribution is -2.30. The number of benzene rings is 1. The van der Waals surface area contributed by atoms with E-state index in [1.165, 1.54) is 7.11 Å². The average molecular weight is 382 g/mol. The van der Waals surface area contributed by atoms with Crippen molar-refractivity contribution in [1.29, 1.82) is 0 Å². The highest BCUT2D eigenvalue weighted by molar-refractivity contribution is 6.32. The van der Waals surface area contributed by atoms with Crippen LogP contribution in [0.15, 0.2) is 12.1 Å². The molecule has 1 aromatic carbocycles. The zero-order chi connectivity index (χ0) is 18.8. The molecule has 2 atom stereocenters. The topological polar surface area (TPSA) is 76.1 Å². The summed E-state index contributed by atoms with van der Waals surface area (Å²) in [5.41, 5.74) is 0.385. The largest absolute Gasteiger partial charge is 0.493 e. The Balaban J connectivity index is 1.81. The highest BCUT2D eigenvalue weighted by Gasteiger charge is 2.47. The summed E-state index contributed by atoms with van der Waals surface area (Å²) < 4.78 is 10.9. The van der Waals surface area contributed by atoms with Crippen LogP contribution >= 0.6 is 11.6 Å². The van der Waals surface area contributed by atoms with E-state index >= 15 is 0 Å². The highest BCUT2D eigenvalue weighted by atomic mass is 35.5. The maximum atomic E-state index is 12.9. The first kappa shape index (κ1) is 18.8. The van der Waals surface area contributed by atoms with E-state index in [1.807, 2.05) is 6.92 Å². The Morgan fingerprint density at radius 1 is 1.31 bits per heavy atom. The van der Waals surface area contributed by atoms with Gasteiger partial charge in [-0.25, -0.2) is 0 Å². The number of likely N-dealkylation sites (tertiary alicyclic amines) is 1. The molecule has 2 aliphatic rings. The standard InChI is InChI=1S/C19H24ClNO5/c1-3-6-26-17-15(20)7-12(8-16(17)25-2)18(22)21-9-13(11-4-5-11)14(10-21)19(23)24/h7-8,11,13-14H,3-6,9-10H2,1-2H3,(H,23,24)/t13-,14+/m1/s1. The molecule has 7 heteroatoms. The number of hydrogen-bond acceptors (Lipinski definition) is 4. The Morgan fingerprint density at radius 2 is 2.04 bits per heavy atom. The Kier molecular flexibility index (Phi) is 5.61. The number of aliphatic carboxylic acids is 1. The van der Waals surface area contributed by atoms with Crippen molar-refractivity contribution >= 4 is 23.5 Å². The van der Waals surface area contributed by atoms with Crippen molar-refractivity contribution in [1.82, 2.24) is 4.90 Å². The summed E-state index contributed by atoms with van der Waals surface area (Å²) in [6, 6.07) is 3.18. The summed E-state index contributed by atoms with van der Waals surface area (Å²) in [5, 5.41) is 9.79. The van der Waals surface area contributed by atoms with Crippen molar-refractivity contribution in [3.8, 4) is 11.5 Å². The van der Waals surface area contributed by atoms with Crippen LogP contribution in [-0.2, 0) is 4.79 Å². The maximum absolute atomic E-state index is 12.9. The number of carboxylic acids is 1. The van der Waals surface area contributed by atoms with Crippen molar-refractivity contribution in [2.45, 2.75) is 26.2 Å². The van der Waals surface area contributed by atoms with Crippen LogP contribution in [0.5, 0.6) is 11.5 Å². The fourth-order valence-electron chi connectivity index (χ4n) is 3.63. The first-order valence-electron chi connectivity index (χ1n) is 8.98. The van der Waals surface area contributed by atoms with Crippen LogP contribution in [0.2, 0.25) is 5.02 Å². The molecule has 1 aliphatic heterocycles. The summed E-state index contributed by atoms with van der Waals surface area (Å²) >= 11 is 6.30. The van der Waals surface area contributed by atoms with Gasteiger partial charge >= 0.3 is 5.97 Å². The van der Waals surface area contributed by atoms with Gasteiger partial charge in [0, 0.05) is 18.7 Å². The van der Waals surface area contributed by atoms with Crippen molar-refractivity contribution in [2.75, 3.05) is 26.8 Å². The van der Waals surface area contributed by atoms with Gasteiger partial charge in [0.2, 0.25) is 0 Å². The normalized spacial score (nSPS) is 22.3. The van der Waals surface area contributed by atoms with Gasteiger partial charge in [0.25, 0.3) is 5.91 Å². The van der Waals surface area contributed by atoms with Gasteiger partial charge in [0.15, 0.2) is 11.5 Å².